The van der Waals surface area contributed by atoms with E-state index < -0.39 is 25.5 Å². The molecule has 0 bridgehead atoms. The monoisotopic (exact) mass is 500 g/mol. The van der Waals surface area contributed by atoms with E-state index in [2.05, 4.69) is 29.0 Å². The fourth-order valence-electron chi connectivity index (χ4n) is 3.06. The SMILES string of the molecule is CCOC(=O)C(C)NP(=O)(NC(C)C(=O)COC)c1ccc(-c2nc(N)sc2CC(C)C)o1. The van der Waals surface area contributed by atoms with Gasteiger partial charge < -0.3 is 19.6 Å². The molecule has 184 valence electrons. The van der Waals surface area contributed by atoms with E-state index in [4.69, 9.17) is 19.6 Å². The van der Waals surface area contributed by atoms with E-state index >= 15 is 0 Å². The van der Waals surface area contributed by atoms with Crippen LogP contribution in [0.4, 0.5) is 5.13 Å². The van der Waals surface area contributed by atoms with E-state index in [1.165, 1.54) is 31.4 Å². The number of thiazole rings is 1. The van der Waals surface area contributed by atoms with Gasteiger partial charge in [0.15, 0.2) is 22.2 Å². The number of Topliss-reactive ketones (excluding diaryl/α,β-unsaturated/α-hetero) is 1. The summed E-state index contributed by atoms with van der Waals surface area (Å²) in [7, 11) is -2.37. The van der Waals surface area contributed by atoms with E-state index in [-0.39, 0.29) is 24.5 Å². The van der Waals surface area contributed by atoms with Crippen LogP contribution in [-0.2, 0) is 30.0 Å². The number of anilines is 1. The first-order chi connectivity index (χ1) is 15.5. The molecule has 2 aromatic heterocycles. The van der Waals surface area contributed by atoms with Crippen molar-refractivity contribution < 1.29 is 28.0 Å². The summed E-state index contributed by atoms with van der Waals surface area (Å²) in [5.74, 6) is -0.0992. The molecule has 3 atom stereocenters. The summed E-state index contributed by atoms with van der Waals surface area (Å²) >= 11 is 1.38. The summed E-state index contributed by atoms with van der Waals surface area (Å²) in [5, 5.41) is 6.00. The highest BCUT2D eigenvalue weighted by atomic mass is 32.1. The molecule has 3 unspecified atom stereocenters. The van der Waals surface area contributed by atoms with Gasteiger partial charge in [-0.25, -0.2) is 15.2 Å². The van der Waals surface area contributed by atoms with Crippen molar-refractivity contribution in [3.63, 3.8) is 0 Å². The van der Waals surface area contributed by atoms with Crippen LogP contribution in [0.2, 0.25) is 0 Å². The summed E-state index contributed by atoms with van der Waals surface area (Å²) in [6.45, 7) is 8.98. The molecular formula is C21H33N4O6PS. The fraction of sp³-hybridized carbons (Fsp3) is 0.571. The highest BCUT2D eigenvalue weighted by molar-refractivity contribution is 7.67. The van der Waals surface area contributed by atoms with Gasteiger partial charge in [0.25, 0.3) is 7.44 Å². The van der Waals surface area contributed by atoms with Crippen molar-refractivity contribution >= 4 is 41.2 Å². The number of ketones is 1. The number of hydrogen-bond acceptors (Lipinski definition) is 9. The molecule has 2 rings (SSSR count). The summed E-state index contributed by atoms with van der Waals surface area (Å²) in [6, 6.07) is 1.43. The Labute approximate surface area is 198 Å². The molecule has 2 aromatic rings. The van der Waals surface area contributed by atoms with Gasteiger partial charge in [0, 0.05) is 12.0 Å². The predicted octanol–water partition coefficient (Wildman–Crippen LogP) is 2.74. The normalized spacial score (nSPS) is 15.2. The van der Waals surface area contributed by atoms with Crippen LogP contribution in [0.3, 0.4) is 0 Å². The number of nitrogens with two attached hydrogens (primary N) is 1. The molecule has 2 heterocycles. The minimum Gasteiger partial charge on any atom is -0.465 e. The van der Waals surface area contributed by atoms with Gasteiger partial charge in [0.2, 0.25) is 0 Å². The molecule has 12 heteroatoms. The first kappa shape index (κ1) is 27.2. The zero-order valence-corrected chi connectivity index (χ0v) is 21.5. The maximum atomic E-state index is 14.0. The van der Waals surface area contributed by atoms with Crippen LogP contribution < -0.4 is 21.4 Å². The van der Waals surface area contributed by atoms with Crippen molar-refractivity contribution in [1.82, 2.24) is 15.2 Å². The van der Waals surface area contributed by atoms with Crippen molar-refractivity contribution in [2.45, 2.75) is 53.1 Å². The number of ether oxygens (including phenoxy) is 2. The Balaban J connectivity index is 2.42. The fourth-order valence-corrected chi connectivity index (χ4v) is 6.29. The topological polar surface area (TPSA) is 146 Å². The zero-order valence-electron chi connectivity index (χ0n) is 19.8. The van der Waals surface area contributed by atoms with Gasteiger partial charge in [-0.15, -0.1) is 11.3 Å². The number of carbonyl (C=O) groups is 2. The number of nitrogen functional groups attached to an aromatic ring is 1. The lowest BCUT2D eigenvalue weighted by Gasteiger charge is -2.25. The Morgan fingerprint density at radius 1 is 1.21 bits per heavy atom. The van der Waals surface area contributed by atoms with Crippen LogP contribution >= 0.6 is 18.8 Å². The molecule has 0 aliphatic carbocycles. The first-order valence-corrected chi connectivity index (χ1v) is 13.2. The van der Waals surface area contributed by atoms with Gasteiger partial charge in [0.1, 0.15) is 18.3 Å². The second-order valence-corrected chi connectivity index (χ2v) is 11.3. The quantitative estimate of drug-likeness (QED) is 0.277. The first-order valence-electron chi connectivity index (χ1n) is 10.7. The molecular weight excluding hydrogens is 467 g/mol. The number of nitrogens with one attached hydrogen (secondary N) is 2. The molecule has 0 spiro atoms. The summed E-state index contributed by atoms with van der Waals surface area (Å²) in [5.41, 5.74) is 6.56. The molecule has 0 aliphatic rings. The summed E-state index contributed by atoms with van der Waals surface area (Å²) in [6.07, 6.45) is 0.761. The Morgan fingerprint density at radius 2 is 1.88 bits per heavy atom. The largest absolute Gasteiger partial charge is 0.465 e. The van der Waals surface area contributed by atoms with Crippen LogP contribution in [0.25, 0.3) is 11.5 Å². The Bertz CT molecular complexity index is 975. The molecule has 0 saturated carbocycles. The van der Waals surface area contributed by atoms with Gasteiger partial charge in [0.05, 0.1) is 12.6 Å². The number of esters is 1. The number of carbonyl (C=O) groups excluding carboxylic acids is 2. The predicted molar refractivity (Wildman–Crippen MR) is 129 cm³/mol. The van der Waals surface area contributed by atoms with E-state index in [0.717, 1.165) is 11.3 Å². The maximum absolute atomic E-state index is 14.0. The minimum absolute atomic E-state index is 0.0489. The number of furan rings is 1. The van der Waals surface area contributed by atoms with Gasteiger partial charge in [-0.05, 0) is 45.2 Å². The highest BCUT2D eigenvalue weighted by Gasteiger charge is 2.36. The van der Waals surface area contributed by atoms with Gasteiger partial charge in [-0.1, -0.05) is 13.8 Å². The number of rotatable bonds is 13. The number of methoxy groups -OCH3 is 1. The van der Waals surface area contributed by atoms with E-state index in [0.29, 0.717) is 22.5 Å². The van der Waals surface area contributed by atoms with Crippen LogP contribution in [0.5, 0.6) is 0 Å². The lowest BCUT2D eigenvalue weighted by Crippen LogP contribution is -2.44. The van der Waals surface area contributed by atoms with Gasteiger partial charge >= 0.3 is 5.97 Å². The van der Waals surface area contributed by atoms with Crippen LogP contribution in [0.15, 0.2) is 16.5 Å². The van der Waals surface area contributed by atoms with E-state index in [9.17, 15) is 14.2 Å². The van der Waals surface area contributed by atoms with Crippen LogP contribution in [0, 0.1) is 5.92 Å². The van der Waals surface area contributed by atoms with Crippen molar-refractivity contribution in [1.29, 1.82) is 0 Å². The third kappa shape index (κ3) is 7.22. The minimum atomic E-state index is -3.77. The lowest BCUT2D eigenvalue weighted by molar-refractivity contribution is -0.144. The third-order valence-electron chi connectivity index (χ3n) is 4.60. The number of nitrogens with zero attached hydrogens (tertiary/aromatic N) is 1. The molecule has 10 nitrogen and oxygen atoms in total. The van der Waals surface area contributed by atoms with Gasteiger partial charge in [-0.2, -0.15) is 0 Å². The van der Waals surface area contributed by atoms with Crippen LogP contribution in [0.1, 0.15) is 39.5 Å². The zero-order chi connectivity index (χ0) is 24.8. The molecule has 0 fully saturated rings. The molecule has 0 amide bonds. The summed E-state index contributed by atoms with van der Waals surface area (Å²) in [4.78, 5) is 29.8. The Hall–Kier alpha value is -2.04. The molecule has 4 N–H and O–H groups in total. The Morgan fingerprint density at radius 3 is 2.48 bits per heavy atom. The maximum Gasteiger partial charge on any atom is 0.323 e. The van der Waals surface area contributed by atoms with Crippen molar-refractivity contribution in [2.24, 2.45) is 5.92 Å². The number of aromatic nitrogens is 1. The van der Waals surface area contributed by atoms with Crippen molar-refractivity contribution in [3.8, 4) is 11.5 Å². The second-order valence-electron chi connectivity index (χ2n) is 8.02. The average Bonchev–Trinajstić information content (AvgIpc) is 3.34. The van der Waals surface area contributed by atoms with E-state index in [1.54, 1.807) is 19.9 Å². The molecule has 0 radical (unpaired) electrons. The number of hydrogen-bond donors (Lipinski definition) is 3. The van der Waals surface area contributed by atoms with Gasteiger partial charge in [-0.3, -0.25) is 14.2 Å². The highest BCUT2D eigenvalue weighted by Crippen LogP contribution is 2.40. The molecule has 0 aliphatic heterocycles. The van der Waals surface area contributed by atoms with Crippen molar-refractivity contribution in [2.75, 3.05) is 26.1 Å². The summed E-state index contributed by atoms with van der Waals surface area (Å²) < 4.78 is 29.9. The smallest absolute Gasteiger partial charge is 0.323 e. The standard InChI is InChI=1S/C21H33N4O6PS/c1-7-30-20(27)14(5)25-32(28,24-13(4)15(26)11-29-6)18-9-8-16(31-18)19-17(10-12(2)3)33-21(22)23-19/h8-9,12-14H,7,10-11H2,1-6H3,(H2,22,23)(H2,24,25,28). The lowest BCUT2D eigenvalue weighted by atomic mass is 10.1. The second kappa shape index (κ2) is 11.9. The van der Waals surface area contributed by atoms with E-state index in [1.807, 2.05) is 0 Å². The average molecular weight is 501 g/mol. The molecule has 33 heavy (non-hydrogen) atoms. The molecule has 0 aromatic carbocycles. The molecule has 0 saturated heterocycles. The van der Waals surface area contributed by atoms with Crippen LogP contribution in [-0.4, -0.2) is 49.1 Å². The third-order valence-corrected chi connectivity index (χ3v) is 7.87. The van der Waals surface area contributed by atoms with Crippen molar-refractivity contribution in [3.05, 3.63) is 17.0 Å². The Kier molecular flexibility index (Phi) is 9.81.